The van der Waals surface area contributed by atoms with Crippen LogP contribution in [0, 0.1) is 0 Å². The topological polar surface area (TPSA) is 90.7 Å². The molecule has 2 aliphatic carbocycles. The molecule has 0 saturated heterocycles. The second-order valence-electron chi connectivity index (χ2n) is 7.26. The zero-order valence-electron chi connectivity index (χ0n) is 15.2. The number of anilines is 1. The van der Waals surface area contributed by atoms with Gasteiger partial charge < -0.3 is 20.5 Å². The van der Waals surface area contributed by atoms with E-state index in [4.69, 9.17) is 15.2 Å². The fourth-order valence-corrected chi connectivity index (χ4v) is 3.67. The van der Waals surface area contributed by atoms with Crippen LogP contribution < -0.4 is 15.8 Å². The maximum Gasteiger partial charge on any atom is 0.338 e. The number of rotatable bonds is 6. The molecule has 0 radical (unpaired) electrons. The summed E-state index contributed by atoms with van der Waals surface area (Å²) in [5.74, 6) is -0.187. The quantitative estimate of drug-likeness (QED) is 0.600. The smallest absolute Gasteiger partial charge is 0.338 e. The van der Waals surface area contributed by atoms with E-state index in [-0.39, 0.29) is 30.6 Å². The Morgan fingerprint density at radius 2 is 1.73 bits per heavy atom. The van der Waals surface area contributed by atoms with Gasteiger partial charge in [-0.05, 0) is 56.7 Å². The van der Waals surface area contributed by atoms with E-state index in [9.17, 15) is 9.59 Å². The van der Waals surface area contributed by atoms with Crippen LogP contribution in [-0.2, 0) is 9.53 Å². The number of nitrogens with two attached hydrogens (primary N) is 1. The van der Waals surface area contributed by atoms with Crippen LogP contribution in [-0.4, -0.2) is 30.6 Å². The molecule has 1 aromatic carbocycles. The van der Waals surface area contributed by atoms with Crippen LogP contribution in [0.1, 0.15) is 68.1 Å². The van der Waals surface area contributed by atoms with Gasteiger partial charge in [0.1, 0.15) is 11.9 Å². The van der Waals surface area contributed by atoms with Crippen LogP contribution in [0.4, 0.5) is 5.69 Å². The van der Waals surface area contributed by atoms with Crippen LogP contribution in [0.15, 0.2) is 18.2 Å². The van der Waals surface area contributed by atoms with Crippen LogP contribution in [0.3, 0.4) is 0 Å². The third-order valence-corrected chi connectivity index (χ3v) is 5.15. The summed E-state index contributed by atoms with van der Waals surface area (Å²) in [6.45, 7) is -0.109. The van der Waals surface area contributed by atoms with Crippen molar-refractivity contribution in [3.05, 3.63) is 23.8 Å². The second kappa shape index (κ2) is 8.92. The number of benzene rings is 1. The van der Waals surface area contributed by atoms with Gasteiger partial charge in [-0.25, -0.2) is 4.79 Å². The predicted octanol–water partition coefficient (Wildman–Crippen LogP) is 3.20. The Kier molecular flexibility index (Phi) is 6.36. The van der Waals surface area contributed by atoms with E-state index in [1.165, 1.54) is 6.42 Å². The fraction of sp³-hybridized carbons (Fsp3) is 0.600. The van der Waals surface area contributed by atoms with Crippen molar-refractivity contribution in [1.29, 1.82) is 0 Å². The minimum Gasteiger partial charge on any atom is -0.482 e. The summed E-state index contributed by atoms with van der Waals surface area (Å²) in [4.78, 5) is 24.3. The lowest BCUT2D eigenvalue weighted by Crippen LogP contribution is -2.36. The summed E-state index contributed by atoms with van der Waals surface area (Å²) < 4.78 is 11.1. The molecule has 142 valence electrons. The second-order valence-corrected chi connectivity index (χ2v) is 7.26. The number of nitrogens with one attached hydrogen (secondary N) is 1. The molecule has 6 heteroatoms. The highest BCUT2D eigenvalue weighted by atomic mass is 16.5. The molecule has 0 aliphatic heterocycles. The van der Waals surface area contributed by atoms with Gasteiger partial charge in [0.05, 0.1) is 11.3 Å². The van der Waals surface area contributed by atoms with E-state index in [0.717, 1.165) is 51.4 Å². The Morgan fingerprint density at radius 3 is 2.46 bits per heavy atom. The molecule has 1 aromatic rings. The number of hydrogen-bond donors (Lipinski definition) is 2. The molecule has 0 heterocycles. The van der Waals surface area contributed by atoms with Crippen molar-refractivity contribution in [2.45, 2.75) is 69.9 Å². The SMILES string of the molecule is Nc1ccc(C(=O)OC2CCCCC2)cc1OCC(=O)NC1CCCC1. The van der Waals surface area contributed by atoms with E-state index in [0.29, 0.717) is 17.0 Å². The molecule has 3 rings (SSSR count). The number of esters is 1. The Hall–Kier alpha value is -2.24. The van der Waals surface area contributed by atoms with Crippen molar-refractivity contribution in [3.63, 3.8) is 0 Å². The summed E-state index contributed by atoms with van der Waals surface area (Å²) in [5, 5.41) is 2.96. The first-order valence-electron chi connectivity index (χ1n) is 9.64. The number of carbonyl (C=O) groups is 2. The minimum absolute atomic E-state index is 0.00430. The molecule has 2 aliphatic rings. The first-order valence-corrected chi connectivity index (χ1v) is 9.64. The lowest BCUT2D eigenvalue weighted by Gasteiger charge is -2.22. The summed E-state index contributed by atoms with van der Waals surface area (Å²) in [6.07, 6.45) is 9.61. The molecule has 0 bridgehead atoms. The van der Waals surface area contributed by atoms with Crippen molar-refractivity contribution in [1.82, 2.24) is 5.32 Å². The molecule has 6 nitrogen and oxygen atoms in total. The van der Waals surface area contributed by atoms with Crippen molar-refractivity contribution >= 4 is 17.6 Å². The Bertz CT molecular complexity index is 635. The van der Waals surface area contributed by atoms with Crippen LogP contribution >= 0.6 is 0 Å². The van der Waals surface area contributed by atoms with E-state index < -0.39 is 0 Å². The zero-order valence-corrected chi connectivity index (χ0v) is 15.2. The normalized spacial score (nSPS) is 18.5. The molecule has 0 aromatic heterocycles. The number of carbonyl (C=O) groups excluding carboxylic acids is 2. The van der Waals surface area contributed by atoms with Gasteiger partial charge in [-0.1, -0.05) is 19.3 Å². The highest BCUT2D eigenvalue weighted by molar-refractivity contribution is 5.91. The Morgan fingerprint density at radius 1 is 1.04 bits per heavy atom. The summed E-state index contributed by atoms with van der Waals surface area (Å²) in [7, 11) is 0. The highest BCUT2D eigenvalue weighted by Crippen LogP contribution is 2.25. The Labute approximate surface area is 154 Å². The van der Waals surface area contributed by atoms with Crippen LogP contribution in [0.5, 0.6) is 5.75 Å². The molecular weight excluding hydrogens is 332 g/mol. The highest BCUT2D eigenvalue weighted by Gasteiger charge is 2.20. The molecule has 2 saturated carbocycles. The number of nitrogen functional groups attached to an aromatic ring is 1. The van der Waals surface area contributed by atoms with Gasteiger partial charge >= 0.3 is 5.97 Å². The van der Waals surface area contributed by atoms with Gasteiger partial charge in [-0.15, -0.1) is 0 Å². The van der Waals surface area contributed by atoms with Gasteiger partial charge in [0, 0.05) is 6.04 Å². The Balaban J connectivity index is 1.54. The van der Waals surface area contributed by atoms with Gasteiger partial charge in [-0.3, -0.25) is 4.79 Å². The average molecular weight is 360 g/mol. The van der Waals surface area contributed by atoms with Crippen molar-refractivity contribution in [2.24, 2.45) is 0 Å². The van der Waals surface area contributed by atoms with Crippen LogP contribution in [0.2, 0.25) is 0 Å². The zero-order chi connectivity index (χ0) is 18.4. The molecule has 1 amide bonds. The summed E-state index contributed by atoms with van der Waals surface area (Å²) in [6, 6.07) is 5.05. The lowest BCUT2D eigenvalue weighted by atomic mass is 9.98. The third kappa shape index (κ3) is 5.13. The van der Waals surface area contributed by atoms with Gasteiger partial charge in [0.2, 0.25) is 0 Å². The summed E-state index contributed by atoms with van der Waals surface area (Å²) >= 11 is 0. The van der Waals surface area contributed by atoms with E-state index in [1.54, 1.807) is 18.2 Å². The van der Waals surface area contributed by atoms with Gasteiger partial charge in [0.25, 0.3) is 5.91 Å². The molecule has 26 heavy (non-hydrogen) atoms. The number of ether oxygens (including phenoxy) is 2. The molecule has 0 atom stereocenters. The maximum atomic E-state index is 12.3. The standard InChI is InChI=1S/C20H28N2O4/c21-17-11-10-14(20(24)26-16-8-2-1-3-9-16)12-18(17)25-13-19(23)22-15-6-4-5-7-15/h10-12,15-16H,1-9,13,21H2,(H,22,23). The van der Waals surface area contributed by atoms with Gasteiger partial charge in [-0.2, -0.15) is 0 Å². The molecular formula is C20H28N2O4. The molecule has 3 N–H and O–H groups in total. The summed E-state index contributed by atoms with van der Waals surface area (Å²) in [5.41, 5.74) is 6.71. The number of amides is 1. The van der Waals surface area contributed by atoms with Crippen molar-refractivity contribution in [2.75, 3.05) is 12.3 Å². The van der Waals surface area contributed by atoms with E-state index in [2.05, 4.69) is 5.32 Å². The lowest BCUT2D eigenvalue weighted by molar-refractivity contribution is -0.123. The van der Waals surface area contributed by atoms with Crippen LogP contribution in [0.25, 0.3) is 0 Å². The first kappa shape index (κ1) is 18.5. The molecule has 0 unspecified atom stereocenters. The molecule has 0 spiro atoms. The minimum atomic E-state index is -0.364. The van der Waals surface area contributed by atoms with E-state index in [1.807, 2.05) is 0 Å². The van der Waals surface area contributed by atoms with Crippen molar-refractivity contribution < 1.29 is 19.1 Å². The maximum absolute atomic E-state index is 12.3. The predicted molar refractivity (Wildman–Crippen MR) is 99.0 cm³/mol. The first-order chi connectivity index (χ1) is 12.6. The number of hydrogen-bond acceptors (Lipinski definition) is 5. The largest absolute Gasteiger partial charge is 0.482 e. The third-order valence-electron chi connectivity index (χ3n) is 5.15. The van der Waals surface area contributed by atoms with Crippen molar-refractivity contribution in [3.8, 4) is 5.75 Å². The van der Waals surface area contributed by atoms with Gasteiger partial charge in [0.15, 0.2) is 6.61 Å². The van der Waals surface area contributed by atoms with E-state index >= 15 is 0 Å². The average Bonchev–Trinajstić information content (AvgIpc) is 3.14. The fourth-order valence-electron chi connectivity index (χ4n) is 3.67. The monoisotopic (exact) mass is 360 g/mol. The molecule has 2 fully saturated rings.